The van der Waals surface area contributed by atoms with Crippen LogP contribution in [0.5, 0.6) is 5.75 Å². The number of rotatable bonds is 6. The van der Waals surface area contributed by atoms with Crippen LogP contribution in [-0.2, 0) is 6.42 Å². The molecule has 0 spiro atoms. The van der Waals surface area contributed by atoms with Crippen LogP contribution >= 0.6 is 11.8 Å². The summed E-state index contributed by atoms with van der Waals surface area (Å²) in [5.41, 5.74) is 0.882. The fraction of sp³-hybridized carbons (Fsp3) is 0.400. The van der Waals surface area contributed by atoms with E-state index in [2.05, 4.69) is 4.90 Å². The highest BCUT2D eigenvalue weighted by molar-refractivity contribution is 7.99. The maximum atomic E-state index is 15.5. The first-order valence-corrected chi connectivity index (χ1v) is 14.5. The number of thioether (sulfide) groups is 1. The van der Waals surface area contributed by atoms with Gasteiger partial charge in [-0.05, 0) is 36.2 Å². The van der Waals surface area contributed by atoms with Gasteiger partial charge in [0.1, 0.15) is 11.6 Å². The summed E-state index contributed by atoms with van der Waals surface area (Å²) in [6, 6.07) is 8.09. The van der Waals surface area contributed by atoms with E-state index in [-0.39, 0.29) is 46.5 Å². The highest BCUT2D eigenvalue weighted by atomic mass is 32.2. The fourth-order valence-electron chi connectivity index (χ4n) is 5.67. The number of halogens is 3. The molecule has 41 heavy (non-hydrogen) atoms. The van der Waals surface area contributed by atoms with Crippen LogP contribution in [0.1, 0.15) is 22.7 Å². The zero-order valence-electron chi connectivity index (χ0n) is 23.5. The first-order chi connectivity index (χ1) is 19.6. The first kappa shape index (κ1) is 29.1. The second kappa shape index (κ2) is 11.8. The molecule has 11 heteroatoms. The van der Waals surface area contributed by atoms with Gasteiger partial charge in [0.25, 0.3) is 5.56 Å². The van der Waals surface area contributed by atoms with Crippen molar-refractivity contribution in [3.63, 3.8) is 0 Å². The molecule has 1 fully saturated rings. The van der Waals surface area contributed by atoms with Gasteiger partial charge in [-0.25, -0.2) is 18.0 Å². The van der Waals surface area contributed by atoms with Gasteiger partial charge in [-0.1, -0.05) is 18.2 Å². The number of hydrogen-bond donors (Lipinski definition) is 0. The van der Waals surface area contributed by atoms with Crippen LogP contribution in [0.2, 0.25) is 0 Å². The van der Waals surface area contributed by atoms with Crippen molar-refractivity contribution in [3.05, 3.63) is 80.9 Å². The molecule has 2 aliphatic rings. The summed E-state index contributed by atoms with van der Waals surface area (Å²) < 4.78 is 52.0. The molecule has 5 rings (SSSR count). The minimum Gasteiger partial charge on any atom is -0.494 e. The second-order valence-electron chi connectivity index (χ2n) is 10.6. The third kappa shape index (κ3) is 5.44. The summed E-state index contributed by atoms with van der Waals surface area (Å²) in [6.45, 7) is 4.72. The van der Waals surface area contributed by atoms with Crippen molar-refractivity contribution in [3.8, 4) is 16.9 Å². The van der Waals surface area contributed by atoms with E-state index in [0.717, 1.165) is 0 Å². The van der Waals surface area contributed by atoms with E-state index in [4.69, 9.17) is 4.74 Å². The predicted molar refractivity (Wildman–Crippen MR) is 153 cm³/mol. The summed E-state index contributed by atoms with van der Waals surface area (Å²) in [7, 11) is 4.81. The molecule has 2 amide bonds. The van der Waals surface area contributed by atoms with Gasteiger partial charge in [-0.3, -0.25) is 14.3 Å². The van der Waals surface area contributed by atoms with E-state index in [9.17, 15) is 18.4 Å². The van der Waals surface area contributed by atoms with Crippen LogP contribution in [0.25, 0.3) is 11.1 Å². The zero-order valence-corrected chi connectivity index (χ0v) is 24.4. The predicted octanol–water partition coefficient (Wildman–Crippen LogP) is 4.79. The van der Waals surface area contributed by atoms with Gasteiger partial charge >= 0.3 is 6.03 Å². The van der Waals surface area contributed by atoms with Crippen molar-refractivity contribution in [1.29, 1.82) is 0 Å². The topological polar surface area (TPSA) is 58.0 Å². The molecule has 3 aromatic rings. The minimum absolute atomic E-state index is 0.00423. The number of hydrogen-bond acceptors (Lipinski definition) is 5. The highest BCUT2D eigenvalue weighted by Crippen LogP contribution is 2.41. The molecule has 0 aliphatic carbocycles. The van der Waals surface area contributed by atoms with E-state index in [1.165, 1.54) is 49.2 Å². The Morgan fingerprint density at radius 1 is 1.02 bits per heavy atom. The number of pyridine rings is 1. The quantitative estimate of drug-likeness (QED) is 0.416. The third-order valence-electron chi connectivity index (χ3n) is 7.88. The van der Waals surface area contributed by atoms with E-state index in [1.54, 1.807) is 41.5 Å². The Kier molecular flexibility index (Phi) is 8.37. The highest BCUT2D eigenvalue weighted by Gasteiger charge is 2.34. The lowest BCUT2D eigenvalue weighted by atomic mass is 9.94. The molecule has 0 N–H and O–H groups in total. The molecule has 1 saturated heterocycles. The average molecular weight is 587 g/mol. The minimum atomic E-state index is -0.673. The number of ether oxygens (including phenoxy) is 1. The molecule has 1 atom stereocenters. The Balaban J connectivity index is 1.57. The Hall–Kier alpha value is -3.44. The molecule has 0 saturated carbocycles. The first-order valence-electron chi connectivity index (χ1n) is 13.5. The lowest BCUT2D eigenvalue weighted by molar-refractivity contribution is 0.116. The SMILES string of the molecule is COc1cccc(-c2c(C)c(Cc3c(F)cccc3F)c3n(c2=O)C(CN2CCN(C(=O)N(C)C)CC2)CS3)c1F. The number of benzene rings is 2. The molecule has 218 valence electrons. The van der Waals surface area contributed by atoms with Gasteiger partial charge in [-0.15, -0.1) is 11.8 Å². The molecule has 0 bridgehead atoms. The number of piperazine rings is 1. The second-order valence-corrected chi connectivity index (χ2v) is 11.6. The molecule has 7 nitrogen and oxygen atoms in total. The van der Waals surface area contributed by atoms with Gasteiger partial charge < -0.3 is 14.5 Å². The maximum absolute atomic E-state index is 15.5. The number of nitrogens with zero attached hydrogens (tertiary/aromatic N) is 4. The van der Waals surface area contributed by atoms with Gasteiger partial charge in [0, 0.05) is 70.1 Å². The largest absolute Gasteiger partial charge is 0.494 e. The van der Waals surface area contributed by atoms with Crippen LogP contribution in [0.15, 0.2) is 46.2 Å². The van der Waals surface area contributed by atoms with Crippen LogP contribution in [0, 0.1) is 24.4 Å². The van der Waals surface area contributed by atoms with Crippen molar-refractivity contribution in [1.82, 2.24) is 19.3 Å². The van der Waals surface area contributed by atoms with Gasteiger partial charge in [-0.2, -0.15) is 0 Å². The van der Waals surface area contributed by atoms with Crippen molar-refractivity contribution < 1.29 is 22.7 Å². The van der Waals surface area contributed by atoms with Gasteiger partial charge in [0.2, 0.25) is 0 Å². The van der Waals surface area contributed by atoms with Crippen molar-refractivity contribution >= 4 is 17.8 Å². The van der Waals surface area contributed by atoms with Crippen molar-refractivity contribution in [2.45, 2.75) is 24.4 Å². The molecule has 2 aromatic carbocycles. The van der Waals surface area contributed by atoms with Crippen LogP contribution < -0.4 is 10.3 Å². The van der Waals surface area contributed by atoms with E-state index < -0.39 is 17.5 Å². The summed E-state index contributed by atoms with van der Waals surface area (Å²) in [5.74, 6) is -1.42. The Morgan fingerprint density at radius 3 is 2.32 bits per heavy atom. The Bertz CT molecular complexity index is 1520. The number of urea groups is 1. The van der Waals surface area contributed by atoms with Crippen LogP contribution in [0.4, 0.5) is 18.0 Å². The normalized spacial score (nSPS) is 17.0. The smallest absolute Gasteiger partial charge is 0.319 e. The molecule has 2 aliphatic heterocycles. The standard InChI is InChI=1S/C30H33F3N4O3S/c1-18-21(15-22-23(31)8-6-9-24(22)32)29-37(28(38)26(18)20-7-5-10-25(40-4)27(20)33)19(17-41-29)16-35-11-13-36(14-12-35)30(39)34(2)3/h5-10,19H,11-17H2,1-4H3. The van der Waals surface area contributed by atoms with Crippen LogP contribution in [-0.4, -0.2) is 85.0 Å². The lowest BCUT2D eigenvalue weighted by Gasteiger charge is -2.37. The van der Waals surface area contributed by atoms with Gasteiger partial charge in [0.05, 0.1) is 23.7 Å². The molecule has 1 aromatic heterocycles. The fourth-order valence-corrected chi connectivity index (χ4v) is 7.04. The molecular weight excluding hydrogens is 553 g/mol. The zero-order chi connectivity index (χ0) is 29.4. The summed E-state index contributed by atoms with van der Waals surface area (Å²) in [5, 5.41) is 0.647. The monoisotopic (exact) mass is 586 g/mol. The van der Waals surface area contributed by atoms with E-state index in [0.29, 0.717) is 54.6 Å². The Morgan fingerprint density at radius 2 is 1.68 bits per heavy atom. The van der Waals surface area contributed by atoms with E-state index >= 15 is 4.39 Å². The number of amides is 2. The van der Waals surface area contributed by atoms with Crippen molar-refractivity contribution in [2.75, 3.05) is 59.7 Å². The molecule has 3 heterocycles. The summed E-state index contributed by atoms with van der Waals surface area (Å²) in [6.07, 6.45) is -0.0798. The molecule has 1 unspecified atom stereocenters. The number of aromatic nitrogens is 1. The molecular formula is C30H33F3N4O3S. The van der Waals surface area contributed by atoms with Crippen LogP contribution in [0.3, 0.4) is 0 Å². The Labute approximate surface area is 241 Å². The van der Waals surface area contributed by atoms with E-state index in [1.807, 2.05) is 0 Å². The average Bonchev–Trinajstić information content (AvgIpc) is 3.37. The number of carbonyl (C=O) groups is 1. The van der Waals surface area contributed by atoms with Crippen molar-refractivity contribution in [2.24, 2.45) is 0 Å². The van der Waals surface area contributed by atoms with Gasteiger partial charge in [0.15, 0.2) is 11.6 Å². The third-order valence-corrected chi connectivity index (χ3v) is 9.14. The molecule has 0 radical (unpaired) electrons. The lowest BCUT2D eigenvalue weighted by Crippen LogP contribution is -2.52. The summed E-state index contributed by atoms with van der Waals surface area (Å²) >= 11 is 1.48. The number of methoxy groups -OCH3 is 1. The maximum Gasteiger partial charge on any atom is 0.319 e. The number of fused-ring (bicyclic) bond motifs is 1. The summed E-state index contributed by atoms with van der Waals surface area (Å²) in [4.78, 5) is 32.1. The number of carbonyl (C=O) groups excluding carboxylic acids is 1.